The van der Waals surface area contributed by atoms with Crippen molar-refractivity contribution < 1.29 is 23.4 Å². The molecule has 0 atom stereocenters. The zero-order valence-corrected chi connectivity index (χ0v) is 16.8. The second-order valence-corrected chi connectivity index (χ2v) is 6.18. The molecule has 0 aliphatic rings. The molecule has 1 N–H and O–H groups in total. The zero-order valence-electron chi connectivity index (χ0n) is 16.8. The molecule has 2 heterocycles. The van der Waals surface area contributed by atoms with Crippen molar-refractivity contribution in [1.29, 1.82) is 5.26 Å². The van der Waals surface area contributed by atoms with Gasteiger partial charge in [-0.3, -0.25) is 0 Å². The van der Waals surface area contributed by atoms with Gasteiger partial charge in [0.1, 0.15) is 28.5 Å². The van der Waals surface area contributed by atoms with Crippen molar-refractivity contribution in [3.05, 3.63) is 36.5 Å². The van der Waals surface area contributed by atoms with Gasteiger partial charge in [-0.2, -0.15) is 5.26 Å². The summed E-state index contributed by atoms with van der Waals surface area (Å²) in [5.74, 6) is 2.68. The van der Waals surface area contributed by atoms with Gasteiger partial charge in [0, 0.05) is 11.1 Å². The third-order valence-electron chi connectivity index (χ3n) is 4.68. The number of rotatable bonds is 6. The molecule has 0 aliphatic heterocycles. The maximum Gasteiger partial charge on any atom is 0.211 e. The molecule has 30 heavy (non-hydrogen) atoms. The van der Waals surface area contributed by atoms with Crippen LogP contribution in [-0.2, 0) is 0 Å². The number of aromatic amines is 1. The molecule has 152 valence electrons. The number of imidazole rings is 1. The summed E-state index contributed by atoms with van der Waals surface area (Å²) in [7, 11) is 6.19. The largest absolute Gasteiger partial charge is 0.494 e. The van der Waals surface area contributed by atoms with Crippen LogP contribution >= 0.6 is 0 Å². The van der Waals surface area contributed by atoms with Crippen LogP contribution in [0.4, 0.5) is 0 Å². The predicted octanol–water partition coefficient (Wildman–Crippen LogP) is 3.79. The Balaban J connectivity index is 1.94. The summed E-state index contributed by atoms with van der Waals surface area (Å²) < 4.78 is 27.4. The Labute approximate surface area is 171 Å². The second kappa shape index (κ2) is 7.67. The summed E-state index contributed by atoms with van der Waals surface area (Å²) in [5.41, 5.74) is 3.05. The molecule has 2 aromatic carbocycles. The van der Waals surface area contributed by atoms with E-state index < -0.39 is 0 Å². The van der Waals surface area contributed by atoms with Crippen LogP contribution in [0.25, 0.3) is 33.6 Å². The molecule has 0 radical (unpaired) electrons. The van der Waals surface area contributed by atoms with Gasteiger partial charge in [-0.25, -0.2) is 9.97 Å². The summed E-state index contributed by atoms with van der Waals surface area (Å²) in [5, 5.41) is 9.26. The molecule has 4 rings (SSSR count). The van der Waals surface area contributed by atoms with Crippen molar-refractivity contribution >= 4 is 11.0 Å². The van der Waals surface area contributed by atoms with Crippen LogP contribution in [0.3, 0.4) is 0 Å². The van der Waals surface area contributed by atoms with Crippen LogP contribution in [0.2, 0.25) is 0 Å². The molecule has 0 saturated carbocycles. The lowest BCUT2D eigenvalue weighted by atomic mass is 10.0. The number of hydrogen-bond donors (Lipinski definition) is 1. The molecule has 0 amide bonds. The Kier molecular flexibility index (Phi) is 4.90. The molecule has 9 nitrogen and oxygen atoms in total. The third kappa shape index (κ3) is 2.95. The monoisotopic (exact) mass is 406 g/mol. The third-order valence-corrected chi connectivity index (χ3v) is 4.68. The van der Waals surface area contributed by atoms with Gasteiger partial charge >= 0.3 is 0 Å². The quantitative estimate of drug-likeness (QED) is 0.514. The number of ether oxygens (including phenoxy) is 4. The molecule has 0 saturated heterocycles. The number of nitriles is 1. The summed E-state index contributed by atoms with van der Waals surface area (Å²) in [6.07, 6.45) is 1.35. The van der Waals surface area contributed by atoms with Gasteiger partial charge in [0.05, 0.1) is 28.4 Å². The van der Waals surface area contributed by atoms with E-state index in [2.05, 4.69) is 15.0 Å². The van der Waals surface area contributed by atoms with Crippen molar-refractivity contribution in [2.24, 2.45) is 0 Å². The highest BCUT2D eigenvalue weighted by molar-refractivity contribution is 5.97. The van der Waals surface area contributed by atoms with Crippen molar-refractivity contribution in [2.45, 2.75) is 0 Å². The van der Waals surface area contributed by atoms with E-state index >= 15 is 0 Å². The zero-order chi connectivity index (χ0) is 21.3. The van der Waals surface area contributed by atoms with E-state index in [1.165, 1.54) is 6.39 Å². The van der Waals surface area contributed by atoms with E-state index in [4.69, 9.17) is 23.4 Å². The van der Waals surface area contributed by atoms with E-state index in [0.717, 1.165) is 0 Å². The predicted molar refractivity (Wildman–Crippen MR) is 108 cm³/mol. The second-order valence-electron chi connectivity index (χ2n) is 6.18. The Morgan fingerprint density at radius 3 is 2.27 bits per heavy atom. The maximum atomic E-state index is 9.26. The lowest BCUT2D eigenvalue weighted by molar-refractivity contribution is 0.324. The summed E-state index contributed by atoms with van der Waals surface area (Å²) in [6, 6.07) is 9.17. The van der Waals surface area contributed by atoms with Crippen LogP contribution in [0, 0.1) is 11.3 Å². The van der Waals surface area contributed by atoms with E-state index in [1.54, 1.807) is 46.6 Å². The van der Waals surface area contributed by atoms with Gasteiger partial charge in [-0.15, -0.1) is 0 Å². The van der Waals surface area contributed by atoms with Crippen LogP contribution in [-0.4, -0.2) is 43.4 Å². The fraction of sp³-hybridized carbons (Fsp3) is 0.190. The minimum absolute atomic E-state index is 0.171. The molecule has 4 aromatic rings. The fourth-order valence-electron chi connectivity index (χ4n) is 3.33. The van der Waals surface area contributed by atoms with E-state index in [1.807, 2.05) is 12.1 Å². The van der Waals surface area contributed by atoms with E-state index in [0.29, 0.717) is 56.6 Å². The van der Waals surface area contributed by atoms with Crippen molar-refractivity contribution in [2.75, 3.05) is 28.4 Å². The van der Waals surface area contributed by atoms with Crippen LogP contribution in [0.1, 0.15) is 5.82 Å². The van der Waals surface area contributed by atoms with E-state index in [9.17, 15) is 5.26 Å². The summed E-state index contributed by atoms with van der Waals surface area (Å²) in [4.78, 5) is 11.7. The molecule has 0 aliphatic carbocycles. The lowest BCUT2D eigenvalue weighted by Crippen LogP contribution is -1.96. The first-order valence-corrected chi connectivity index (χ1v) is 8.86. The first kappa shape index (κ1) is 19.1. The molecule has 0 bridgehead atoms. The van der Waals surface area contributed by atoms with Gasteiger partial charge in [0.15, 0.2) is 23.7 Å². The highest BCUT2D eigenvalue weighted by Crippen LogP contribution is 2.44. The number of benzene rings is 2. The molecule has 0 spiro atoms. The number of hydrogen-bond acceptors (Lipinski definition) is 8. The maximum absolute atomic E-state index is 9.26. The molecule has 2 aromatic heterocycles. The topological polar surface area (TPSA) is 115 Å². The molecule has 9 heteroatoms. The molecular weight excluding hydrogens is 388 g/mol. The highest BCUT2D eigenvalue weighted by atomic mass is 16.5. The number of nitrogens with zero attached hydrogens (tertiary/aromatic N) is 3. The normalized spacial score (nSPS) is 10.6. The average molecular weight is 406 g/mol. The van der Waals surface area contributed by atoms with Crippen LogP contribution < -0.4 is 18.9 Å². The molecular formula is C21H18N4O5. The van der Waals surface area contributed by atoms with Crippen LogP contribution in [0.15, 0.2) is 35.1 Å². The van der Waals surface area contributed by atoms with Crippen molar-refractivity contribution in [3.63, 3.8) is 0 Å². The standard InChI is InChI=1S/C21H18N4O5/c1-26-13-6-5-12(18-19(13)25-16(9-22)24-18)20-17(23-10-30-20)11-7-14(27-2)21(29-4)15(8-11)28-3/h5-8,10H,1-4H3,(H,24,25). The minimum atomic E-state index is 0.171. The molecule has 0 unspecified atom stereocenters. The van der Waals surface area contributed by atoms with Crippen molar-refractivity contribution in [3.8, 4) is 51.6 Å². The van der Waals surface area contributed by atoms with Gasteiger partial charge in [0.25, 0.3) is 0 Å². The summed E-state index contributed by atoms with van der Waals surface area (Å²) in [6.45, 7) is 0. The van der Waals surface area contributed by atoms with Crippen molar-refractivity contribution in [1.82, 2.24) is 15.0 Å². The number of aromatic nitrogens is 3. The summed E-state index contributed by atoms with van der Waals surface area (Å²) >= 11 is 0. The van der Waals surface area contributed by atoms with E-state index in [-0.39, 0.29) is 5.82 Å². The number of oxazole rings is 1. The van der Waals surface area contributed by atoms with Gasteiger partial charge < -0.3 is 28.3 Å². The number of H-pyrrole nitrogens is 1. The lowest BCUT2D eigenvalue weighted by Gasteiger charge is -2.14. The highest BCUT2D eigenvalue weighted by Gasteiger charge is 2.22. The minimum Gasteiger partial charge on any atom is -0.494 e. The fourth-order valence-corrected chi connectivity index (χ4v) is 3.33. The van der Waals surface area contributed by atoms with Gasteiger partial charge in [-0.05, 0) is 24.3 Å². The Bertz CT molecular complexity index is 1240. The van der Waals surface area contributed by atoms with Gasteiger partial charge in [0.2, 0.25) is 11.6 Å². The number of fused-ring (bicyclic) bond motifs is 1. The van der Waals surface area contributed by atoms with Gasteiger partial charge in [-0.1, -0.05) is 0 Å². The first-order valence-electron chi connectivity index (χ1n) is 8.86. The Morgan fingerprint density at radius 2 is 1.67 bits per heavy atom. The SMILES string of the molecule is COc1cc(-c2ncoc2-c2ccc(OC)c3[nH]c(C#N)nc23)cc(OC)c1OC. The smallest absolute Gasteiger partial charge is 0.211 e. The van der Waals surface area contributed by atoms with Crippen LogP contribution in [0.5, 0.6) is 23.0 Å². The molecule has 0 fully saturated rings. The Hall–Kier alpha value is -4.19. The number of nitrogens with one attached hydrogen (secondary N) is 1. The Morgan fingerprint density at radius 1 is 0.967 bits per heavy atom. The number of methoxy groups -OCH3 is 4. The first-order chi connectivity index (χ1) is 14.6. The average Bonchev–Trinajstić information content (AvgIpc) is 3.44.